The normalized spacial score (nSPS) is 32.7. The van der Waals surface area contributed by atoms with Crippen LogP contribution in [0.3, 0.4) is 0 Å². The third kappa shape index (κ3) is 2.29. The number of rotatable bonds is 4. The van der Waals surface area contributed by atoms with Crippen molar-refractivity contribution in [2.75, 3.05) is 13.1 Å². The first-order valence-electron chi connectivity index (χ1n) is 5.62. The number of allylic oxidation sites excluding steroid dienone is 2. The predicted molar refractivity (Wildman–Crippen MR) is 60.0 cm³/mol. The molecule has 0 aromatic carbocycles. The highest BCUT2D eigenvalue weighted by Crippen LogP contribution is 2.43. The molecule has 0 aromatic heterocycles. The predicted octanol–water partition coefficient (Wildman–Crippen LogP) is 0.830. The number of carbonyl (C=O) groups is 1. The van der Waals surface area contributed by atoms with Crippen molar-refractivity contribution in [3.05, 3.63) is 24.3 Å². The Hall–Kier alpha value is -1.09. The highest BCUT2D eigenvalue weighted by atomic mass is 16.1. The summed E-state index contributed by atoms with van der Waals surface area (Å²) in [7, 11) is 0. The fraction of sp³-hybridized carbons (Fsp3) is 0.583. The number of hydrogen-bond acceptors (Lipinski definition) is 2. The van der Waals surface area contributed by atoms with Crippen LogP contribution in [0.2, 0.25) is 0 Å². The second-order valence-corrected chi connectivity index (χ2v) is 4.34. The largest absolute Gasteiger partial charge is 0.352 e. The third-order valence-corrected chi connectivity index (χ3v) is 3.31. The van der Waals surface area contributed by atoms with E-state index in [0.717, 1.165) is 6.42 Å². The average Bonchev–Trinajstić information content (AvgIpc) is 2.85. The van der Waals surface area contributed by atoms with Crippen LogP contribution in [0.4, 0.5) is 0 Å². The minimum Gasteiger partial charge on any atom is -0.352 e. The highest BCUT2D eigenvalue weighted by Gasteiger charge is 2.39. The average molecular weight is 206 g/mol. The van der Waals surface area contributed by atoms with Gasteiger partial charge in [0.25, 0.3) is 0 Å². The quantitative estimate of drug-likeness (QED) is 0.669. The lowest BCUT2D eigenvalue weighted by Crippen LogP contribution is -2.32. The van der Waals surface area contributed by atoms with Gasteiger partial charge in [0, 0.05) is 19.0 Å². The molecule has 1 fully saturated rings. The molecule has 15 heavy (non-hydrogen) atoms. The summed E-state index contributed by atoms with van der Waals surface area (Å²) >= 11 is 0. The summed E-state index contributed by atoms with van der Waals surface area (Å²) in [4.78, 5) is 11.8. The Morgan fingerprint density at radius 2 is 2.27 bits per heavy atom. The van der Waals surface area contributed by atoms with Gasteiger partial charge in [0.1, 0.15) is 0 Å². The van der Waals surface area contributed by atoms with Gasteiger partial charge >= 0.3 is 0 Å². The van der Waals surface area contributed by atoms with Crippen molar-refractivity contribution in [1.82, 2.24) is 5.32 Å². The van der Waals surface area contributed by atoms with E-state index in [1.807, 2.05) is 12.2 Å². The van der Waals surface area contributed by atoms with Crippen LogP contribution in [0.25, 0.3) is 0 Å². The summed E-state index contributed by atoms with van der Waals surface area (Å²) in [6.45, 7) is 1.14. The SMILES string of the molecule is NC/C=C/CNC(=O)C1CC2C=CC1C2. The van der Waals surface area contributed by atoms with Gasteiger partial charge in [-0.15, -0.1) is 0 Å². The summed E-state index contributed by atoms with van der Waals surface area (Å²) in [6.07, 6.45) is 10.4. The van der Waals surface area contributed by atoms with E-state index in [4.69, 9.17) is 5.73 Å². The van der Waals surface area contributed by atoms with Crippen LogP contribution in [-0.2, 0) is 4.79 Å². The second kappa shape index (κ2) is 4.62. The Morgan fingerprint density at radius 3 is 2.87 bits per heavy atom. The Kier molecular flexibility index (Phi) is 3.21. The molecular formula is C12H18N2O. The Morgan fingerprint density at radius 1 is 1.40 bits per heavy atom. The minimum atomic E-state index is 0.202. The van der Waals surface area contributed by atoms with Crippen LogP contribution in [0, 0.1) is 17.8 Å². The topological polar surface area (TPSA) is 55.1 Å². The summed E-state index contributed by atoms with van der Waals surface area (Å²) in [5, 5.41) is 2.93. The van der Waals surface area contributed by atoms with Crippen molar-refractivity contribution >= 4 is 5.91 Å². The maximum atomic E-state index is 11.8. The molecule has 3 N–H and O–H groups in total. The summed E-state index contributed by atoms with van der Waals surface area (Å²) in [5.41, 5.74) is 5.31. The van der Waals surface area contributed by atoms with E-state index in [2.05, 4.69) is 17.5 Å². The number of hydrogen-bond donors (Lipinski definition) is 2. The van der Waals surface area contributed by atoms with Gasteiger partial charge in [0.2, 0.25) is 5.91 Å². The van der Waals surface area contributed by atoms with Crippen molar-refractivity contribution in [3.63, 3.8) is 0 Å². The molecule has 3 nitrogen and oxygen atoms in total. The maximum absolute atomic E-state index is 11.8. The monoisotopic (exact) mass is 206 g/mol. The molecule has 0 aliphatic heterocycles. The van der Waals surface area contributed by atoms with E-state index >= 15 is 0 Å². The zero-order chi connectivity index (χ0) is 10.7. The molecule has 1 saturated carbocycles. The Labute approximate surface area is 90.4 Å². The highest BCUT2D eigenvalue weighted by molar-refractivity contribution is 5.80. The van der Waals surface area contributed by atoms with Crippen LogP contribution < -0.4 is 11.1 Å². The lowest BCUT2D eigenvalue weighted by atomic mass is 9.93. The van der Waals surface area contributed by atoms with Crippen LogP contribution in [-0.4, -0.2) is 19.0 Å². The second-order valence-electron chi connectivity index (χ2n) is 4.34. The zero-order valence-corrected chi connectivity index (χ0v) is 8.86. The molecule has 2 rings (SSSR count). The van der Waals surface area contributed by atoms with Gasteiger partial charge in [0.15, 0.2) is 0 Å². The first-order chi connectivity index (χ1) is 7.31. The van der Waals surface area contributed by atoms with Crippen LogP contribution in [0.1, 0.15) is 12.8 Å². The van der Waals surface area contributed by atoms with Crippen LogP contribution in [0.5, 0.6) is 0 Å². The smallest absolute Gasteiger partial charge is 0.223 e. The fourth-order valence-corrected chi connectivity index (χ4v) is 2.55. The molecule has 2 aliphatic carbocycles. The summed E-state index contributed by atoms with van der Waals surface area (Å²) < 4.78 is 0. The molecular weight excluding hydrogens is 188 g/mol. The van der Waals surface area contributed by atoms with Crippen molar-refractivity contribution in [1.29, 1.82) is 0 Å². The van der Waals surface area contributed by atoms with Gasteiger partial charge in [-0.3, -0.25) is 4.79 Å². The molecule has 3 unspecified atom stereocenters. The first-order valence-corrected chi connectivity index (χ1v) is 5.62. The van der Waals surface area contributed by atoms with E-state index in [1.54, 1.807) is 0 Å². The van der Waals surface area contributed by atoms with Crippen molar-refractivity contribution in [2.45, 2.75) is 12.8 Å². The number of amides is 1. The number of fused-ring (bicyclic) bond motifs is 2. The standard InChI is InChI=1S/C12H18N2O/c13-5-1-2-6-14-12(15)11-8-9-3-4-10(11)7-9/h1-4,9-11H,5-8,13H2,(H,14,15)/b2-1+. The van der Waals surface area contributed by atoms with E-state index in [-0.39, 0.29) is 11.8 Å². The van der Waals surface area contributed by atoms with Gasteiger partial charge < -0.3 is 11.1 Å². The van der Waals surface area contributed by atoms with E-state index in [9.17, 15) is 4.79 Å². The zero-order valence-electron chi connectivity index (χ0n) is 8.86. The molecule has 3 heteroatoms. The Bertz CT molecular complexity index is 296. The maximum Gasteiger partial charge on any atom is 0.223 e. The molecule has 3 atom stereocenters. The van der Waals surface area contributed by atoms with E-state index in [1.165, 1.54) is 6.42 Å². The van der Waals surface area contributed by atoms with E-state index < -0.39 is 0 Å². The fourth-order valence-electron chi connectivity index (χ4n) is 2.55. The van der Waals surface area contributed by atoms with E-state index in [0.29, 0.717) is 24.9 Å². The number of nitrogens with two attached hydrogens (primary N) is 1. The third-order valence-electron chi connectivity index (χ3n) is 3.31. The molecule has 0 saturated heterocycles. The van der Waals surface area contributed by atoms with Gasteiger partial charge in [-0.25, -0.2) is 0 Å². The molecule has 0 spiro atoms. The molecule has 0 radical (unpaired) electrons. The molecule has 2 aliphatic rings. The molecule has 0 aromatic rings. The van der Waals surface area contributed by atoms with Gasteiger partial charge in [-0.05, 0) is 24.7 Å². The molecule has 0 heterocycles. The molecule has 1 amide bonds. The minimum absolute atomic E-state index is 0.202. The Balaban J connectivity index is 1.77. The lowest BCUT2D eigenvalue weighted by Gasteiger charge is -2.16. The lowest BCUT2D eigenvalue weighted by molar-refractivity contribution is -0.125. The molecule has 2 bridgehead atoms. The summed E-state index contributed by atoms with van der Waals surface area (Å²) in [6, 6.07) is 0. The van der Waals surface area contributed by atoms with Crippen molar-refractivity contribution < 1.29 is 4.79 Å². The molecule has 82 valence electrons. The van der Waals surface area contributed by atoms with Crippen LogP contribution >= 0.6 is 0 Å². The summed E-state index contributed by atoms with van der Waals surface area (Å²) in [5.74, 6) is 1.57. The van der Waals surface area contributed by atoms with Crippen molar-refractivity contribution in [2.24, 2.45) is 23.5 Å². The van der Waals surface area contributed by atoms with Gasteiger partial charge in [0.05, 0.1) is 0 Å². The van der Waals surface area contributed by atoms with Crippen molar-refractivity contribution in [3.8, 4) is 0 Å². The van der Waals surface area contributed by atoms with Gasteiger partial charge in [-0.2, -0.15) is 0 Å². The van der Waals surface area contributed by atoms with Crippen LogP contribution in [0.15, 0.2) is 24.3 Å². The first kappa shape index (κ1) is 10.4. The van der Waals surface area contributed by atoms with Gasteiger partial charge in [-0.1, -0.05) is 24.3 Å². The number of nitrogens with one attached hydrogen (secondary N) is 1. The number of carbonyl (C=O) groups excluding carboxylic acids is 1.